The number of pyridine rings is 2. The molecule has 2 aromatic heterocycles. The van der Waals surface area contributed by atoms with E-state index in [0.29, 0.717) is 0 Å². The van der Waals surface area contributed by atoms with Crippen molar-refractivity contribution >= 4 is 12.2 Å². The van der Waals surface area contributed by atoms with Crippen molar-refractivity contribution in [3.05, 3.63) is 72.3 Å². The maximum absolute atomic E-state index is 4.16. The number of hydrogen-bond donors (Lipinski definition) is 0. The third-order valence-corrected chi connectivity index (χ3v) is 2.13. The van der Waals surface area contributed by atoms with Crippen molar-refractivity contribution in [1.82, 2.24) is 9.97 Å². The molecule has 0 amide bonds. The van der Waals surface area contributed by atoms with Crippen molar-refractivity contribution in [2.45, 2.75) is 0 Å². The molecule has 0 aromatic carbocycles. The zero-order valence-electron chi connectivity index (χ0n) is 9.82. The molecule has 0 spiro atoms. The van der Waals surface area contributed by atoms with Crippen LogP contribution in [-0.4, -0.2) is 9.97 Å². The van der Waals surface area contributed by atoms with E-state index in [-0.39, 0.29) is 0 Å². The molecule has 2 nitrogen and oxygen atoms in total. The lowest BCUT2D eigenvalue weighted by Crippen LogP contribution is -1.75. The van der Waals surface area contributed by atoms with Gasteiger partial charge in [0.05, 0.1) is 11.4 Å². The molecule has 0 aliphatic carbocycles. The van der Waals surface area contributed by atoms with Gasteiger partial charge < -0.3 is 0 Å². The van der Waals surface area contributed by atoms with E-state index in [1.807, 2.05) is 48.6 Å². The summed E-state index contributed by atoms with van der Waals surface area (Å²) >= 11 is 0. The second-order valence-corrected chi connectivity index (χ2v) is 3.46. The first-order valence-electron chi connectivity index (χ1n) is 5.61. The van der Waals surface area contributed by atoms with Crippen molar-refractivity contribution in [2.24, 2.45) is 0 Å². The smallest absolute Gasteiger partial charge is 0.0635 e. The SMILES string of the molecule is C(#C/C=C\c1ccccn1)/C=C\c1ccccn1. The molecule has 0 atom stereocenters. The molecule has 0 bridgehead atoms. The molecule has 2 rings (SSSR count). The predicted molar refractivity (Wildman–Crippen MR) is 74.3 cm³/mol. The van der Waals surface area contributed by atoms with Crippen LogP contribution in [0, 0.1) is 11.8 Å². The quantitative estimate of drug-likeness (QED) is 0.743. The first kappa shape index (κ1) is 11.8. The van der Waals surface area contributed by atoms with Gasteiger partial charge in [-0.05, 0) is 48.6 Å². The van der Waals surface area contributed by atoms with Crippen molar-refractivity contribution in [3.8, 4) is 11.8 Å². The summed E-state index contributed by atoms with van der Waals surface area (Å²) in [6, 6.07) is 11.5. The summed E-state index contributed by atoms with van der Waals surface area (Å²) in [4.78, 5) is 8.32. The van der Waals surface area contributed by atoms with E-state index in [1.54, 1.807) is 24.5 Å². The van der Waals surface area contributed by atoms with Crippen LogP contribution in [0.5, 0.6) is 0 Å². The topological polar surface area (TPSA) is 25.8 Å². The Hall–Kier alpha value is -2.66. The van der Waals surface area contributed by atoms with E-state index in [0.717, 1.165) is 11.4 Å². The third-order valence-electron chi connectivity index (χ3n) is 2.13. The van der Waals surface area contributed by atoms with E-state index in [9.17, 15) is 0 Å². The van der Waals surface area contributed by atoms with Gasteiger partial charge >= 0.3 is 0 Å². The van der Waals surface area contributed by atoms with Gasteiger partial charge in [-0.1, -0.05) is 24.0 Å². The fraction of sp³-hybridized carbons (Fsp3) is 0. The molecule has 2 heterocycles. The van der Waals surface area contributed by atoms with Crippen LogP contribution >= 0.6 is 0 Å². The van der Waals surface area contributed by atoms with Gasteiger partial charge in [-0.25, -0.2) is 0 Å². The van der Waals surface area contributed by atoms with Gasteiger partial charge in [0.15, 0.2) is 0 Å². The number of hydrogen-bond acceptors (Lipinski definition) is 2. The van der Waals surface area contributed by atoms with Gasteiger partial charge in [0.2, 0.25) is 0 Å². The number of rotatable bonds is 2. The normalized spacial score (nSPS) is 10.4. The highest BCUT2D eigenvalue weighted by molar-refractivity contribution is 5.52. The number of allylic oxidation sites excluding steroid dienone is 2. The van der Waals surface area contributed by atoms with E-state index < -0.39 is 0 Å². The maximum atomic E-state index is 4.16. The van der Waals surface area contributed by atoms with Crippen molar-refractivity contribution < 1.29 is 0 Å². The Kier molecular flexibility index (Phi) is 4.48. The molecule has 18 heavy (non-hydrogen) atoms. The summed E-state index contributed by atoms with van der Waals surface area (Å²) < 4.78 is 0. The number of aromatic nitrogens is 2. The minimum absolute atomic E-state index is 0.903. The fourth-order valence-electron chi connectivity index (χ4n) is 1.30. The monoisotopic (exact) mass is 232 g/mol. The Labute approximate surface area is 107 Å². The van der Waals surface area contributed by atoms with Crippen molar-refractivity contribution in [3.63, 3.8) is 0 Å². The summed E-state index contributed by atoms with van der Waals surface area (Å²) in [7, 11) is 0. The molecule has 0 saturated carbocycles. The van der Waals surface area contributed by atoms with Crippen molar-refractivity contribution in [2.75, 3.05) is 0 Å². The number of nitrogens with zero attached hydrogens (tertiary/aromatic N) is 2. The summed E-state index contributed by atoms with van der Waals surface area (Å²) in [5.41, 5.74) is 1.81. The Balaban J connectivity index is 1.90. The van der Waals surface area contributed by atoms with Crippen molar-refractivity contribution in [1.29, 1.82) is 0 Å². The fourth-order valence-corrected chi connectivity index (χ4v) is 1.30. The van der Waals surface area contributed by atoms with Crippen LogP contribution in [0.15, 0.2) is 60.9 Å². The van der Waals surface area contributed by atoms with Crippen LogP contribution in [0.3, 0.4) is 0 Å². The van der Waals surface area contributed by atoms with Gasteiger partial charge in [-0.2, -0.15) is 0 Å². The molecule has 0 saturated heterocycles. The van der Waals surface area contributed by atoms with Gasteiger partial charge in [0.25, 0.3) is 0 Å². The summed E-state index contributed by atoms with van der Waals surface area (Å²) in [6.07, 6.45) is 10.8. The minimum Gasteiger partial charge on any atom is -0.257 e. The standard InChI is InChI=1S/C16H12N2/c1(3-9-15-11-5-7-13-17-15)2-4-10-16-12-6-8-14-18-16/h3-14H/b9-3-,10-4-. The minimum atomic E-state index is 0.903. The molecule has 0 fully saturated rings. The molecule has 0 aliphatic heterocycles. The van der Waals surface area contributed by atoms with Gasteiger partial charge in [0.1, 0.15) is 0 Å². The highest BCUT2D eigenvalue weighted by atomic mass is 14.7. The van der Waals surface area contributed by atoms with Crippen LogP contribution in [-0.2, 0) is 0 Å². The van der Waals surface area contributed by atoms with E-state index in [1.165, 1.54) is 0 Å². The lowest BCUT2D eigenvalue weighted by atomic mass is 10.3. The average Bonchev–Trinajstić information content (AvgIpc) is 2.45. The van der Waals surface area contributed by atoms with Crippen LogP contribution in [0.25, 0.3) is 12.2 Å². The Bertz CT molecular complexity index is 534. The first-order valence-corrected chi connectivity index (χ1v) is 5.61. The summed E-state index contributed by atoms with van der Waals surface area (Å²) in [6.45, 7) is 0. The van der Waals surface area contributed by atoms with Gasteiger partial charge in [-0.15, -0.1) is 0 Å². The lowest BCUT2D eigenvalue weighted by Gasteiger charge is -1.87. The molecule has 2 heteroatoms. The van der Waals surface area contributed by atoms with Crippen LogP contribution < -0.4 is 0 Å². The van der Waals surface area contributed by atoms with Crippen LogP contribution in [0.4, 0.5) is 0 Å². The van der Waals surface area contributed by atoms with Crippen LogP contribution in [0.1, 0.15) is 11.4 Å². The molecule has 0 aliphatic rings. The molecule has 2 aromatic rings. The largest absolute Gasteiger partial charge is 0.257 e. The van der Waals surface area contributed by atoms with Gasteiger partial charge in [0, 0.05) is 12.4 Å². The predicted octanol–water partition coefficient (Wildman–Crippen LogP) is 3.21. The molecule has 86 valence electrons. The Morgan fingerprint density at radius 3 is 1.61 bits per heavy atom. The lowest BCUT2D eigenvalue weighted by molar-refractivity contribution is 1.30. The Morgan fingerprint density at radius 1 is 0.722 bits per heavy atom. The molecule has 0 N–H and O–H groups in total. The average molecular weight is 232 g/mol. The highest BCUT2D eigenvalue weighted by Crippen LogP contribution is 1.96. The second kappa shape index (κ2) is 6.82. The van der Waals surface area contributed by atoms with E-state index >= 15 is 0 Å². The van der Waals surface area contributed by atoms with E-state index in [2.05, 4.69) is 21.8 Å². The Morgan fingerprint density at radius 2 is 1.22 bits per heavy atom. The van der Waals surface area contributed by atoms with Crippen LogP contribution in [0.2, 0.25) is 0 Å². The summed E-state index contributed by atoms with van der Waals surface area (Å²) in [5, 5.41) is 0. The molecule has 0 radical (unpaired) electrons. The first-order chi connectivity index (χ1) is 8.95. The maximum Gasteiger partial charge on any atom is 0.0635 e. The summed E-state index contributed by atoms with van der Waals surface area (Å²) in [5.74, 6) is 5.84. The second-order valence-electron chi connectivity index (χ2n) is 3.46. The molecular formula is C16H12N2. The van der Waals surface area contributed by atoms with Gasteiger partial charge in [-0.3, -0.25) is 9.97 Å². The zero-order valence-corrected chi connectivity index (χ0v) is 9.82. The van der Waals surface area contributed by atoms with E-state index in [4.69, 9.17) is 0 Å². The molecular weight excluding hydrogens is 220 g/mol. The zero-order chi connectivity index (χ0) is 12.5. The molecule has 0 unspecified atom stereocenters. The third kappa shape index (κ3) is 4.07. The highest BCUT2D eigenvalue weighted by Gasteiger charge is 1.82.